The SMILES string of the molecule is O=C(Nc1nnc(C2CCCCC2)s1)c1sc2cc([N+](=O)[O-])ccc2c1Cl. The quantitative estimate of drug-likeness (QED) is 0.435. The van der Waals surface area contributed by atoms with Gasteiger partial charge in [0.15, 0.2) is 0 Å². The molecule has 0 saturated heterocycles. The number of nitro benzene ring substituents is 1. The van der Waals surface area contributed by atoms with E-state index in [1.165, 1.54) is 42.7 Å². The van der Waals surface area contributed by atoms with Crippen LogP contribution in [0, 0.1) is 10.1 Å². The van der Waals surface area contributed by atoms with Gasteiger partial charge in [-0.2, -0.15) is 0 Å². The summed E-state index contributed by atoms with van der Waals surface area (Å²) in [6, 6.07) is 4.37. The Morgan fingerprint density at radius 2 is 2.00 bits per heavy atom. The lowest BCUT2D eigenvalue weighted by Gasteiger charge is -2.18. The van der Waals surface area contributed by atoms with E-state index in [-0.39, 0.29) is 11.6 Å². The number of nitrogens with one attached hydrogen (secondary N) is 1. The van der Waals surface area contributed by atoms with Crippen LogP contribution in [-0.4, -0.2) is 21.0 Å². The summed E-state index contributed by atoms with van der Waals surface area (Å²) in [6.45, 7) is 0. The van der Waals surface area contributed by atoms with E-state index in [0.29, 0.717) is 31.0 Å². The number of nitro groups is 1. The van der Waals surface area contributed by atoms with E-state index in [1.54, 1.807) is 6.07 Å². The van der Waals surface area contributed by atoms with Crippen LogP contribution in [0.15, 0.2) is 18.2 Å². The molecule has 1 aliphatic rings. The number of fused-ring (bicyclic) bond motifs is 1. The predicted octanol–water partition coefficient (Wildman–Crippen LogP) is 5.61. The zero-order chi connectivity index (χ0) is 19.0. The molecule has 27 heavy (non-hydrogen) atoms. The second-order valence-corrected chi connectivity index (χ2v) is 8.86. The average Bonchev–Trinajstić information content (AvgIpc) is 3.27. The molecular formula is C17H15ClN4O3S2. The Hall–Kier alpha value is -2.10. The topological polar surface area (TPSA) is 98.0 Å². The molecule has 0 radical (unpaired) electrons. The summed E-state index contributed by atoms with van der Waals surface area (Å²) in [5.41, 5.74) is -0.0337. The van der Waals surface area contributed by atoms with Crippen LogP contribution in [0.5, 0.6) is 0 Å². The monoisotopic (exact) mass is 422 g/mol. The van der Waals surface area contributed by atoms with Gasteiger partial charge in [0.25, 0.3) is 11.6 Å². The van der Waals surface area contributed by atoms with Crippen LogP contribution in [0.25, 0.3) is 10.1 Å². The Bertz CT molecular complexity index is 1030. The molecule has 0 spiro atoms. The first-order valence-corrected chi connectivity index (χ1v) is 10.5. The Kier molecular flexibility index (Phi) is 5.07. The van der Waals surface area contributed by atoms with E-state index in [2.05, 4.69) is 15.5 Å². The van der Waals surface area contributed by atoms with Crippen molar-refractivity contribution in [1.82, 2.24) is 10.2 Å². The number of aromatic nitrogens is 2. The molecule has 2 heterocycles. The van der Waals surface area contributed by atoms with Gasteiger partial charge in [0.2, 0.25) is 5.13 Å². The molecule has 0 atom stereocenters. The highest BCUT2D eigenvalue weighted by atomic mass is 35.5. The largest absolute Gasteiger partial charge is 0.296 e. The number of amides is 1. The molecule has 1 aliphatic carbocycles. The normalized spacial score (nSPS) is 15.1. The molecule has 3 aromatic rings. The van der Waals surface area contributed by atoms with Crippen molar-refractivity contribution >= 4 is 61.1 Å². The van der Waals surface area contributed by atoms with Crippen molar-refractivity contribution in [3.63, 3.8) is 0 Å². The molecule has 2 aromatic heterocycles. The van der Waals surface area contributed by atoms with Crippen molar-refractivity contribution in [2.24, 2.45) is 0 Å². The van der Waals surface area contributed by atoms with Gasteiger partial charge in [-0.25, -0.2) is 0 Å². The maximum atomic E-state index is 12.6. The number of nitrogens with zero attached hydrogens (tertiary/aromatic N) is 3. The summed E-state index contributed by atoms with van der Waals surface area (Å²) in [5.74, 6) is 0.0468. The second kappa shape index (κ2) is 7.49. The van der Waals surface area contributed by atoms with Crippen LogP contribution in [0.4, 0.5) is 10.8 Å². The fourth-order valence-corrected chi connectivity index (χ4v) is 5.62. The zero-order valence-corrected chi connectivity index (χ0v) is 16.5. The summed E-state index contributed by atoms with van der Waals surface area (Å²) in [5, 5.41) is 24.3. The highest BCUT2D eigenvalue weighted by Crippen LogP contribution is 2.38. The summed E-state index contributed by atoms with van der Waals surface area (Å²) in [4.78, 5) is 23.4. The third kappa shape index (κ3) is 3.67. The van der Waals surface area contributed by atoms with E-state index >= 15 is 0 Å². The molecule has 0 bridgehead atoms. The third-order valence-corrected chi connectivity index (χ3v) is 7.30. The van der Waals surface area contributed by atoms with Gasteiger partial charge in [0.1, 0.15) is 9.88 Å². The van der Waals surface area contributed by atoms with E-state index in [0.717, 1.165) is 29.2 Å². The lowest BCUT2D eigenvalue weighted by atomic mass is 9.90. The van der Waals surface area contributed by atoms with Crippen LogP contribution in [0.2, 0.25) is 5.02 Å². The first kappa shape index (κ1) is 18.3. The Labute approximate surface area is 167 Å². The van der Waals surface area contributed by atoms with Crippen molar-refractivity contribution < 1.29 is 9.72 Å². The predicted molar refractivity (Wildman–Crippen MR) is 107 cm³/mol. The molecule has 4 rings (SSSR count). The standard InChI is InChI=1S/C17H15ClN4O3S2/c18-13-11-7-6-10(22(24)25)8-12(11)26-14(13)15(23)19-17-21-20-16(27-17)9-4-2-1-3-5-9/h6-9H,1-5H2,(H,19,21,23). The van der Waals surface area contributed by atoms with Gasteiger partial charge < -0.3 is 0 Å². The number of thiophene rings is 1. The minimum absolute atomic E-state index is 0.0337. The molecule has 1 saturated carbocycles. The van der Waals surface area contributed by atoms with E-state index in [1.807, 2.05) is 0 Å². The van der Waals surface area contributed by atoms with Crippen molar-refractivity contribution in [3.05, 3.63) is 43.2 Å². The second-order valence-electron chi connectivity index (χ2n) is 6.42. The van der Waals surface area contributed by atoms with Crippen LogP contribution < -0.4 is 5.32 Å². The molecule has 0 unspecified atom stereocenters. The number of anilines is 1. The van der Waals surface area contributed by atoms with E-state index in [9.17, 15) is 14.9 Å². The molecule has 0 aliphatic heterocycles. The lowest BCUT2D eigenvalue weighted by molar-refractivity contribution is -0.384. The van der Waals surface area contributed by atoms with Crippen LogP contribution in [-0.2, 0) is 0 Å². The van der Waals surface area contributed by atoms with Crippen molar-refractivity contribution in [3.8, 4) is 0 Å². The van der Waals surface area contributed by atoms with Gasteiger partial charge in [-0.15, -0.1) is 21.5 Å². The first-order valence-electron chi connectivity index (χ1n) is 8.54. The van der Waals surface area contributed by atoms with Crippen LogP contribution in [0.1, 0.15) is 52.7 Å². The third-order valence-electron chi connectivity index (χ3n) is 4.65. The van der Waals surface area contributed by atoms with Crippen LogP contribution in [0.3, 0.4) is 0 Å². The number of hydrogen-bond donors (Lipinski definition) is 1. The molecule has 7 nitrogen and oxygen atoms in total. The van der Waals surface area contributed by atoms with Crippen molar-refractivity contribution in [1.29, 1.82) is 0 Å². The highest BCUT2D eigenvalue weighted by Gasteiger charge is 2.23. The summed E-state index contributed by atoms with van der Waals surface area (Å²) >= 11 is 8.85. The number of carbonyl (C=O) groups is 1. The summed E-state index contributed by atoms with van der Waals surface area (Å²) in [7, 11) is 0. The molecule has 1 fully saturated rings. The molecular weight excluding hydrogens is 408 g/mol. The van der Waals surface area contributed by atoms with Crippen molar-refractivity contribution in [2.75, 3.05) is 5.32 Å². The molecule has 140 valence electrons. The van der Waals surface area contributed by atoms with Gasteiger partial charge in [0, 0.05) is 28.1 Å². The van der Waals surface area contributed by atoms with Gasteiger partial charge in [-0.05, 0) is 18.9 Å². The minimum atomic E-state index is -0.471. The van der Waals surface area contributed by atoms with E-state index < -0.39 is 4.92 Å². The minimum Gasteiger partial charge on any atom is -0.296 e. The number of rotatable bonds is 4. The lowest BCUT2D eigenvalue weighted by Crippen LogP contribution is -2.10. The van der Waals surface area contributed by atoms with Crippen LogP contribution >= 0.6 is 34.3 Å². The zero-order valence-electron chi connectivity index (χ0n) is 14.1. The molecule has 1 amide bonds. The van der Waals surface area contributed by atoms with E-state index in [4.69, 9.17) is 11.6 Å². The molecule has 10 heteroatoms. The number of carbonyl (C=O) groups excluding carboxylic acids is 1. The fourth-order valence-electron chi connectivity index (χ4n) is 3.27. The number of benzene rings is 1. The number of hydrogen-bond acceptors (Lipinski definition) is 7. The fraction of sp³-hybridized carbons (Fsp3) is 0.353. The summed E-state index contributed by atoms with van der Waals surface area (Å²) in [6.07, 6.45) is 5.90. The Morgan fingerprint density at radius 1 is 1.22 bits per heavy atom. The maximum absolute atomic E-state index is 12.6. The first-order chi connectivity index (χ1) is 13.0. The number of non-ortho nitro benzene ring substituents is 1. The number of halogens is 1. The Morgan fingerprint density at radius 3 is 2.74 bits per heavy atom. The highest BCUT2D eigenvalue weighted by molar-refractivity contribution is 7.22. The average molecular weight is 423 g/mol. The van der Waals surface area contributed by atoms with Gasteiger partial charge in [-0.3, -0.25) is 20.2 Å². The van der Waals surface area contributed by atoms with Crippen molar-refractivity contribution in [2.45, 2.75) is 38.0 Å². The smallest absolute Gasteiger partial charge is 0.270 e. The maximum Gasteiger partial charge on any atom is 0.270 e. The van der Waals surface area contributed by atoms with Gasteiger partial charge in [-0.1, -0.05) is 42.2 Å². The van der Waals surface area contributed by atoms with Gasteiger partial charge in [0.05, 0.1) is 9.95 Å². The molecule has 1 aromatic carbocycles. The molecule has 1 N–H and O–H groups in total. The summed E-state index contributed by atoms with van der Waals surface area (Å²) < 4.78 is 0.597. The van der Waals surface area contributed by atoms with Gasteiger partial charge >= 0.3 is 0 Å². The Balaban J connectivity index is 1.55.